The summed E-state index contributed by atoms with van der Waals surface area (Å²) in [6.45, 7) is 10.2. The molecule has 0 unspecified atom stereocenters. The molecule has 0 atom stereocenters. The van der Waals surface area contributed by atoms with E-state index in [0.717, 1.165) is 22.5 Å². The van der Waals surface area contributed by atoms with E-state index in [2.05, 4.69) is 40.8 Å². The van der Waals surface area contributed by atoms with E-state index in [1.165, 1.54) is 0 Å². The second-order valence-electron chi connectivity index (χ2n) is 8.53. The van der Waals surface area contributed by atoms with E-state index in [1.807, 2.05) is 26.0 Å². The van der Waals surface area contributed by atoms with Gasteiger partial charge in [0.05, 0.1) is 27.3 Å². The first-order valence-corrected chi connectivity index (χ1v) is 11.6. The minimum atomic E-state index is -3.64. The maximum Gasteiger partial charge on any atom is 0.251 e. The highest BCUT2D eigenvalue weighted by molar-refractivity contribution is 7.89. The molecule has 0 spiro atoms. The zero-order chi connectivity index (χ0) is 22.8. The van der Waals surface area contributed by atoms with Crippen molar-refractivity contribution < 1.29 is 13.2 Å². The van der Waals surface area contributed by atoms with Crippen molar-refractivity contribution in [3.63, 3.8) is 0 Å². The second kappa shape index (κ2) is 8.72. The largest absolute Gasteiger partial charge is 0.351 e. The molecule has 3 aromatic rings. The van der Waals surface area contributed by atoms with Gasteiger partial charge in [0.2, 0.25) is 10.0 Å². The predicted octanol–water partition coefficient (Wildman–Crippen LogP) is 3.25. The molecule has 0 aliphatic carbocycles. The molecular formula is C23H28N4O3S. The Morgan fingerprint density at radius 1 is 0.903 bits per heavy atom. The Morgan fingerprint density at radius 2 is 1.52 bits per heavy atom. The number of carbonyl (C=O) groups is 1. The molecule has 3 rings (SSSR count). The van der Waals surface area contributed by atoms with Crippen LogP contribution in [0.2, 0.25) is 0 Å². The lowest BCUT2D eigenvalue weighted by atomic mass is 9.87. The molecule has 1 aromatic heterocycles. The van der Waals surface area contributed by atoms with Crippen molar-refractivity contribution in [1.82, 2.24) is 20.0 Å². The van der Waals surface area contributed by atoms with E-state index >= 15 is 0 Å². The molecule has 0 fully saturated rings. The van der Waals surface area contributed by atoms with E-state index in [1.54, 1.807) is 30.3 Å². The summed E-state index contributed by atoms with van der Waals surface area (Å²) in [7, 11) is -3.64. The fourth-order valence-corrected chi connectivity index (χ4v) is 4.08. The van der Waals surface area contributed by atoms with Gasteiger partial charge in [-0.3, -0.25) is 4.79 Å². The molecular weight excluding hydrogens is 412 g/mol. The van der Waals surface area contributed by atoms with Crippen LogP contribution in [0.15, 0.2) is 47.4 Å². The molecule has 2 N–H and O–H groups in total. The Bertz CT molecular complexity index is 1210. The van der Waals surface area contributed by atoms with Gasteiger partial charge in [-0.05, 0) is 55.2 Å². The summed E-state index contributed by atoms with van der Waals surface area (Å²) in [5.41, 5.74) is 4.50. The van der Waals surface area contributed by atoms with Crippen LogP contribution >= 0.6 is 0 Å². The zero-order valence-electron chi connectivity index (χ0n) is 18.5. The highest BCUT2D eigenvalue weighted by Crippen LogP contribution is 2.23. The minimum Gasteiger partial charge on any atom is -0.351 e. The molecule has 31 heavy (non-hydrogen) atoms. The van der Waals surface area contributed by atoms with Crippen molar-refractivity contribution in [3.05, 3.63) is 65.0 Å². The van der Waals surface area contributed by atoms with Gasteiger partial charge < -0.3 is 5.32 Å². The first-order chi connectivity index (χ1) is 14.5. The summed E-state index contributed by atoms with van der Waals surface area (Å²) in [6, 6.07) is 12.0. The Kier molecular flexibility index (Phi) is 6.43. The molecule has 164 valence electrons. The third-order valence-corrected chi connectivity index (χ3v) is 6.55. The monoisotopic (exact) mass is 440 g/mol. The maximum absolute atomic E-state index is 12.5. The van der Waals surface area contributed by atoms with E-state index in [0.29, 0.717) is 11.1 Å². The number of sulfonamides is 1. The van der Waals surface area contributed by atoms with Crippen LogP contribution in [0.4, 0.5) is 0 Å². The lowest BCUT2D eigenvalue weighted by Crippen LogP contribution is -2.34. The van der Waals surface area contributed by atoms with Gasteiger partial charge in [-0.2, -0.15) is 0 Å². The summed E-state index contributed by atoms with van der Waals surface area (Å²) >= 11 is 0. The van der Waals surface area contributed by atoms with Crippen molar-refractivity contribution in [2.45, 2.75) is 44.9 Å². The molecule has 0 saturated heterocycles. The molecule has 7 nitrogen and oxygen atoms in total. The topological polar surface area (TPSA) is 101 Å². The number of carbonyl (C=O) groups excluding carboxylic acids is 1. The van der Waals surface area contributed by atoms with Crippen molar-refractivity contribution in [2.75, 3.05) is 13.1 Å². The smallest absolute Gasteiger partial charge is 0.251 e. The normalized spacial score (nSPS) is 12.2. The van der Waals surface area contributed by atoms with Gasteiger partial charge >= 0.3 is 0 Å². The van der Waals surface area contributed by atoms with Gasteiger partial charge in [0.1, 0.15) is 0 Å². The summed E-state index contributed by atoms with van der Waals surface area (Å²) in [4.78, 5) is 21.6. The Hall–Kier alpha value is -2.84. The van der Waals surface area contributed by atoms with Gasteiger partial charge in [-0.1, -0.05) is 32.9 Å². The van der Waals surface area contributed by atoms with E-state index in [9.17, 15) is 13.2 Å². The Balaban J connectivity index is 1.58. The number of hydrogen-bond donors (Lipinski definition) is 2. The van der Waals surface area contributed by atoms with Crippen molar-refractivity contribution in [1.29, 1.82) is 0 Å². The molecule has 0 radical (unpaired) electrons. The highest BCUT2D eigenvalue weighted by atomic mass is 32.2. The average Bonchev–Trinajstić information content (AvgIpc) is 2.71. The van der Waals surface area contributed by atoms with Gasteiger partial charge in [-0.25, -0.2) is 23.1 Å². The molecule has 0 aliphatic rings. The first-order valence-electron chi connectivity index (χ1n) is 10.1. The number of hydrogen-bond acceptors (Lipinski definition) is 5. The third kappa shape index (κ3) is 5.45. The summed E-state index contributed by atoms with van der Waals surface area (Å²) in [6.07, 6.45) is 0. The third-order valence-electron chi connectivity index (χ3n) is 5.07. The van der Waals surface area contributed by atoms with Crippen LogP contribution in [-0.2, 0) is 15.4 Å². The average molecular weight is 441 g/mol. The van der Waals surface area contributed by atoms with Crippen LogP contribution in [0.1, 0.15) is 48.1 Å². The molecule has 1 amide bonds. The molecule has 0 saturated carbocycles. The predicted molar refractivity (Wildman–Crippen MR) is 122 cm³/mol. The molecule has 2 aromatic carbocycles. The maximum atomic E-state index is 12.5. The van der Waals surface area contributed by atoms with Crippen LogP contribution < -0.4 is 10.0 Å². The number of fused-ring (bicyclic) bond motifs is 1. The van der Waals surface area contributed by atoms with Gasteiger partial charge in [0.25, 0.3) is 5.91 Å². The number of nitrogens with one attached hydrogen (secondary N) is 2. The second-order valence-corrected chi connectivity index (χ2v) is 10.3. The SMILES string of the molecule is Cc1nc2ccc(C(=O)NCCNS(=O)(=O)c3ccc(C(C)(C)C)cc3)cc2nc1C. The Morgan fingerprint density at radius 3 is 2.13 bits per heavy atom. The zero-order valence-corrected chi connectivity index (χ0v) is 19.3. The summed E-state index contributed by atoms with van der Waals surface area (Å²) < 4.78 is 27.5. The Labute approximate surface area is 183 Å². The minimum absolute atomic E-state index is 0.0497. The van der Waals surface area contributed by atoms with Crippen molar-refractivity contribution >= 4 is 27.0 Å². The van der Waals surface area contributed by atoms with Crippen molar-refractivity contribution in [3.8, 4) is 0 Å². The summed E-state index contributed by atoms with van der Waals surface area (Å²) in [5.74, 6) is -0.296. The van der Waals surface area contributed by atoms with Gasteiger partial charge in [-0.15, -0.1) is 0 Å². The van der Waals surface area contributed by atoms with Crippen LogP contribution in [0.25, 0.3) is 11.0 Å². The molecule has 1 heterocycles. The van der Waals surface area contributed by atoms with E-state index < -0.39 is 10.0 Å². The molecule has 0 bridgehead atoms. The first kappa shape index (κ1) is 22.8. The lowest BCUT2D eigenvalue weighted by molar-refractivity contribution is 0.0954. The quantitative estimate of drug-likeness (QED) is 0.573. The number of nitrogens with zero attached hydrogens (tertiary/aromatic N) is 2. The van der Waals surface area contributed by atoms with Crippen LogP contribution in [0.5, 0.6) is 0 Å². The number of rotatable bonds is 6. The number of benzene rings is 2. The van der Waals surface area contributed by atoms with E-state index in [4.69, 9.17) is 0 Å². The fraction of sp³-hybridized carbons (Fsp3) is 0.348. The van der Waals surface area contributed by atoms with Gasteiger partial charge in [0, 0.05) is 18.7 Å². The lowest BCUT2D eigenvalue weighted by Gasteiger charge is -2.19. The van der Waals surface area contributed by atoms with E-state index in [-0.39, 0.29) is 29.3 Å². The fourth-order valence-electron chi connectivity index (χ4n) is 3.05. The number of aryl methyl sites for hydroxylation is 2. The van der Waals surface area contributed by atoms with Crippen LogP contribution in [-0.4, -0.2) is 37.4 Å². The standard InChI is InChI=1S/C23H28N4O3S/c1-15-16(2)27-21-14-17(6-11-20(21)26-15)22(28)24-12-13-25-31(29,30)19-9-7-18(8-10-19)23(3,4)5/h6-11,14,25H,12-13H2,1-5H3,(H,24,28). The van der Waals surface area contributed by atoms with Crippen LogP contribution in [0, 0.1) is 13.8 Å². The van der Waals surface area contributed by atoms with Crippen LogP contribution in [0.3, 0.4) is 0 Å². The number of amides is 1. The number of aromatic nitrogens is 2. The summed E-state index contributed by atoms with van der Waals surface area (Å²) in [5, 5.41) is 2.73. The highest BCUT2D eigenvalue weighted by Gasteiger charge is 2.17. The van der Waals surface area contributed by atoms with Gasteiger partial charge in [0.15, 0.2) is 0 Å². The molecule has 0 aliphatic heterocycles. The van der Waals surface area contributed by atoms with Crippen molar-refractivity contribution in [2.24, 2.45) is 0 Å². The molecule has 8 heteroatoms.